The van der Waals surface area contributed by atoms with E-state index in [0.29, 0.717) is 0 Å². The van der Waals surface area contributed by atoms with Crippen molar-refractivity contribution in [3.8, 4) is 0 Å². The van der Waals surface area contributed by atoms with E-state index in [9.17, 15) is 4.39 Å². The van der Waals surface area contributed by atoms with Gasteiger partial charge in [-0.15, -0.1) is 0 Å². The summed E-state index contributed by atoms with van der Waals surface area (Å²) in [6.45, 7) is 4.14. The Morgan fingerprint density at radius 1 is 1.13 bits per heavy atom. The van der Waals surface area contributed by atoms with E-state index in [1.165, 1.54) is 6.07 Å². The molecule has 0 atom stereocenters. The van der Waals surface area contributed by atoms with E-state index < -0.39 is 0 Å². The smallest absolute Gasteiger partial charge is 0.125 e. The van der Waals surface area contributed by atoms with Crippen LogP contribution in [0.3, 0.4) is 0 Å². The molecule has 0 unspecified atom stereocenters. The van der Waals surface area contributed by atoms with Crippen LogP contribution in [-0.2, 0) is 0 Å². The molecule has 1 fully saturated rings. The summed E-state index contributed by atoms with van der Waals surface area (Å²) in [6.07, 6.45) is 2.24. The van der Waals surface area contributed by atoms with Gasteiger partial charge in [0, 0.05) is 18.8 Å². The molecule has 1 aromatic rings. The predicted molar refractivity (Wildman–Crippen MR) is 60.7 cm³/mol. The first-order chi connectivity index (χ1) is 7.36. The molecular formula is C12H17FN2. The maximum absolute atomic E-state index is 13.1. The molecule has 1 aliphatic heterocycles. The van der Waals surface area contributed by atoms with Crippen LogP contribution < -0.4 is 10.2 Å². The number of benzene rings is 1. The van der Waals surface area contributed by atoms with Crippen LogP contribution in [-0.4, -0.2) is 26.2 Å². The minimum absolute atomic E-state index is 0.146. The van der Waals surface area contributed by atoms with Gasteiger partial charge in [0.15, 0.2) is 0 Å². The van der Waals surface area contributed by atoms with Crippen molar-refractivity contribution >= 4 is 5.69 Å². The molecule has 1 saturated heterocycles. The van der Waals surface area contributed by atoms with Crippen molar-refractivity contribution in [1.29, 1.82) is 0 Å². The lowest BCUT2D eigenvalue weighted by Gasteiger charge is -2.27. The lowest BCUT2D eigenvalue weighted by molar-refractivity contribution is 0.565. The van der Waals surface area contributed by atoms with E-state index in [1.54, 1.807) is 12.1 Å². The zero-order valence-electron chi connectivity index (χ0n) is 8.88. The van der Waals surface area contributed by atoms with Crippen LogP contribution in [0.15, 0.2) is 24.3 Å². The van der Waals surface area contributed by atoms with E-state index in [2.05, 4.69) is 10.2 Å². The first-order valence-corrected chi connectivity index (χ1v) is 5.57. The molecule has 15 heavy (non-hydrogen) atoms. The van der Waals surface area contributed by atoms with Crippen molar-refractivity contribution in [3.05, 3.63) is 30.1 Å². The maximum Gasteiger partial charge on any atom is 0.125 e. The number of nitrogens with one attached hydrogen (secondary N) is 1. The van der Waals surface area contributed by atoms with Gasteiger partial charge in [0.1, 0.15) is 5.82 Å². The summed E-state index contributed by atoms with van der Waals surface area (Å²) >= 11 is 0. The number of nitrogens with zero attached hydrogens (tertiary/aromatic N) is 1. The van der Waals surface area contributed by atoms with Gasteiger partial charge in [-0.25, -0.2) is 4.39 Å². The van der Waals surface area contributed by atoms with Crippen molar-refractivity contribution in [3.63, 3.8) is 0 Å². The summed E-state index contributed by atoms with van der Waals surface area (Å²) in [5, 5.41) is 3.37. The fourth-order valence-corrected chi connectivity index (χ4v) is 1.96. The van der Waals surface area contributed by atoms with E-state index in [4.69, 9.17) is 0 Å². The summed E-state index contributed by atoms with van der Waals surface area (Å²) in [7, 11) is 0. The van der Waals surface area contributed by atoms with E-state index in [-0.39, 0.29) is 5.82 Å². The highest BCUT2D eigenvalue weighted by Gasteiger charge is 2.08. The second-order valence-corrected chi connectivity index (χ2v) is 3.92. The largest absolute Gasteiger partial charge is 0.371 e. The molecule has 0 amide bonds. The molecule has 0 aliphatic carbocycles. The summed E-state index contributed by atoms with van der Waals surface area (Å²) in [6, 6.07) is 6.88. The molecular weight excluding hydrogens is 191 g/mol. The highest BCUT2D eigenvalue weighted by Crippen LogP contribution is 2.16. The van der Waals surface area contributed by atoms with Gasteiger partial charge in [-0.1, -0.05) is 6.07 Å². The quantitative estimate of drug-likeness (QED) is 0.759. The molecule has 2 rings (SSSR count). The van der Waals surface area contributed by atoms with Crippen molar-refractivity contribution in [1.82, 2.24) is 5.32 Å². The minimum atomic E-state index is -0.146. The summed E-state index contributed by atoms with van der Waals surface area (Å²) in [5.74, 6) is -0.146. The Balaban J connectivity index is 2.06. The van der Waals surface area contributed by atoms with Gasteiger partial charge >= 0.3 is 0 Å². The minimum Gasteiger partial charge on any atom is -0.371 e. The highest BCUT2D eigenvalue weighted by atomic mass is 19.1. The lowest BCUT2D eigenvalue weighted by atomic mass is 10.2. The van der Waals surface area contributed by atoms with Gasteiger partial charge < -0.3 is 10.2 Å². The zero-order valence-corrected chi connectivity index (χ0v) is 8.88. The Bertz CT molecular complexity index is 306. The van der Waals surface area contributed by atoms with Gasteiger partial charge in [0.25, 0.3) is 0 Å². The van der Waals surface area contributed by atoms with Crippen molar-refractivity contribution in [2.45, 2.75) is 12.8 Å². The number of rotatable bonds is 1. The third-order valence-corrected chi connectivity index (χ3v) is 2.74. The Kier molecular flexibility index (Phi) is 3.56. The fourth-order valence-electron chi connectivity index (χ4n) is 1.96. The molecule has 0 saturated carbocycles. The molecule has 1 aromatic carbocycles. The third kappa shape index (κ3) is 2.93. The van der Waals surface area contributed by atoms with Crippen LogP contribution in [0.4, 0.5) is 10.1 Å². The number of halogens is 1. The molecule has 0 aromatic heterocycles. The first-order valence-electron chi connectivity index (χ1n) is 5.57. The highest BCUT2D eigenvalue weighted by molar-refractivity contribution is 5.46. The Morgan fingerprint density at radius 3 is 2.53 bits per heavy atom. The van der Waals surface area contributed by atoms with Crippen LogP contribution >= 0.6 is 0 Å². The maximum atomic E-state index is 13.1. The lowest BCUT2D eigenvalue weighted by Crippen LogP contribution is -2.33. The Morgan fingerprint density at radius 2 is 1.87 bits per heavy atom. The van der Waals surface area contributed by atoms with Crippen LogP contribution in [0.2, 0.25) is 0 Å². The standard InChI is InChI=1S/C12H17FN2/c13-11-4-1-5-12(10-11)15-8-2-6-14-7-3-9-15/h1,4-5,10,14H,2-3,6-9H2. The van der Waals surface area contributed by atoms with E-state index >= 15 is 0 Å². The van der Waals surface area contributed by atoms with E-state index in [0.717, 1.165) is 44.7 Å². The fraction of sp³-hybridized carbons (Fsp3) is 0.500. The Labute approximate surface area is 90.1 Å². The van der Waals surface area contributed by atoms with E-state index in [1.807, 2.05) is 6.07 Å². The monoisotopic (exact) mass is 208 g/mol. The number of hydrogen-bond donors (Lipinski definition) is 1. The average Bonchev–Trinajstić information content (AvgIpc) is 2.16. The van der Waals surface area contributed by atoms with Crippen LogP contribution in [0.25, 0.3) is 0 Å². The summed E-state index contributed by atoms with van der Waals surface area (Å²) < 4.78 is 13.1. The molecule has 0 radical (unpaired) electrons. The first kappa shape index (κ1) is 10.4. The zero-order chi connectivity index (χ0) is 10.5. The molecule has 82 valence electrons. The summed E-state index contributed by atoms with van der Waals surface area (Å²) in [4.78, 5) is 2.27. The van der Waals surface area contributed by atoms with Crippen molar-refractivity contribution in [2.24, 2.45) is 0 Å². The molecule has 0 spiro atoms. The van der Waals surface area contributed by atoms with Crippen LogP contribution in [0.1, 0.15) is 12.8 Å². The van der Waals surface area contributed by atoms with Gasteiger partial charge in [-0.05, 0) is 44.1 Å². The summed E-state index contributed by atoms with van der Waals surface area (Å²) in [5.41, 5.74) is 1.01. The third-order valence-electron chi connectivity index (χ3n) is 2.74. The van der Waals surface area contributed by atoms with Gasteiger partial charge in [-0.3, -0.25) is 0 Å². The second-order valence-electron chi connectivity index (χ2n) is 3.92. The molecule has 1 heterocycles. The number of hydrogen-bond acceptors (Lipinski definition) is 2. The molecule has 3 heteroatoms. The van der Waals surface area contributed by atoms with Gasteiger partial charge in [0.05, 0.1) is 0 Å². The van der Waals surface area contributed by atoms with Crippen LogP contribution in [0.5, 0.6) is 0 Å². The predicted octanol–water partition coefficient (Wildman–Crippen LogP) is 2.02. The second kappa shape index (κ2) is 5.12. The van der Waals surface area contributed by atoms with Crippen molar-refractivity contribution < 1.29 is 4.39 Å². The number of anilines is 1. The van der Waals surface area contributed by atoms with Gasteiger partial charge in [0.2, 0.25) is 0 Å². The van der Waals surface area contributed by atoms with Crippen LogP contribution in [0, 0.1) is 5.82 Å². The average molecular weight is 208 g/mol. The van der Waals surface area contributed by atoms with Crippen molar-refractivity contribution in [2.75, 3.05) is 31.1 Å². The molecule has 2 nitrogen and oxygen atoms in total. The molecule has 0 bridgehead atoms. The topological polar surface area (TPSA) is 15.3 Å². The SMILES string of the molecule is Fc1cccc(N2CCCNCCC2)c1. The molecule has 1 N–H and O–H groups in total. The normalized spacial score (nSPS) is 18.3. The van der Waals surface area contributed by atoms with Gasteiger partial charge in [-0.2, -0.15) is 0 Å². The Hall–Kier alpha value is -1.09. The molecule has 1 aliphatic rings.